The van der Waals surface area contributed by atoms with Gasteiger partial charge in [0.1, 0.15) is 17.2 Å². The van der Waals surface area contributed by atoms with Crippen molar-refractivity contribution in [3.05, 3.63) is 40.9 Å². The van der Waals surface area contributed by atoms with Crippen LogP contribution < -0.4 is 0 Å². The van der Waals surface area contributed by atoms with Crippen molar-refractivity contribution >= 4 is 23.2 Å². The fraction of sp³-hybridized carbons (Fsp3) is 0.312. The fourth-order valence-electron chi connectivity index (χ4n) is 2.35. The molecule has 0 atom stereocenters. The Balaban J connectivity index is 1.85. The van der Waals surface area contributed by atoms with E-state index in [0.717, 1.165) is 29.0 Å². The van der Waals surface area contributed by atoms with E-state index in [-0.39, 0.29) is 18.5 Å². The highest BCUT2D eigenvalue weighted by Gasteiger charge is 2.35. The average molecular weight is 316 g/mol. The topological polar surface area (TPSA) is 70.5 Å². The molecule has 2 aromatic rings. The maximum atomic E-state index is 12.5. The van der Waals surface area contributed by atoms with E-state index < -0.39 is 5.97 Å². The molecule has 6 heteroatoms. The summed E-state index contributed by atoms with van der Waals surface area (Å²) >= 11 is 1.41. The van der Waals surface area contributed by atoms with E-state index in [2.05, 4.69) is 4.98 Å². The van der Waals surface area contributed by atoms with Crippen LogP contribution in [0.5, 0.6) is 0 Å². The van der Waals surface area contributed by atoms with Crippen molar-refractivity contribution in [1.29, 1.82) is 0 Å². The maximum absolute atomic E-state index is 12.5. The fourth-order valence-corrected chi connectivity index (χ4v) is 3.24. The third-order valence-electron chi connectivity index (χ3n) is 3.65. The maximum Gasteiger partial charge on any atom is 0.323 e. The lowest BCUT2D eigenvalue weighted by Crippen LogP contribution is -2.37. The van der Waals surface area contributed by atoms with Crippen LogP contribution in [0.1, 0.15) is 28.9 Å². The molecule has 114 valence electrons. The minimum Gasteiger partial charge on any atom is -0.480 e. The predicted octanol–water partition coefficient (Wildman–Crippen LogP) is 2.81. The van der Waals surface area contributed by atoms with Gasteiger partial charge in [0.05, 0.1) is 0 Å². The first-order valence-corrected chi connectivity index (χ1v) is 7.98. The first-order chi connectivity index (χ1) is 10.6. The van der Waals surface area contributed by atoms with E-state index in [9.17, 15) is 9.59 Å². The summed E-state index contributed by atoms with van der Waals surface area (Å²) in [5.41, 5.74) is 2.43. The molecule has 1 fully saturated rings. The van der Waals surface area contributed by atoms with Gasteiger partial charge in [-0.05, 0) is 25.3 Å². The van der Waals surface area contributed by atoms with Crippen molar-refractivity contribution < 1.29 is 14.7 Å². The zero-order chi connectivity index (χ0) is 15.7. The zero-order valence-corrected chi connectivity index (χ0v) is 13.0. The molecule has 0 bridgehead atoms. The molecular weight excluding hydrogens is 300 g/mol. The molecule has 0 spiro atoms. The number of rotatable bonds is 5. The molecule has 1 aromatic heterocycles. The van der Waals surface area contributed by atoms with Crippen LogP contribution in [0.3, 0.4) is 0 Å². The molecule has 0 aliphatic heterocycles. The van der Waals surface area contributed by atoms with E-state index >= 15 is 0 Å². The number of aryl methyl sites for hydroxylation is 1. The van der Waals surface area contributed by atoms with Gasteiger partial charge in [0.15, 0.2) is 0 Å². The lowest BCUT2D eigenvalue weighted by Gasteiger charge is -2.18. The first kappa shape index (κ1) is 14.7. The van der Waals surface area contributed by atoms with Crippen molar-refractivity contribution in [1.82, 2.24) is 9.88 Å². The van der Waals surface area contributed by atoms with Crippen molar-refractivity contribution in [2.24, 2.45) is 0 Å². The number of aromatic nitrogens is 1. The summed E-state index contributed by atoms with van der Waals surface area (Å²) in [6.45, 7) is 1.74. The molecule has 1 aromatic carbocycles. The summed E-state index contributed by atoms with van der Waals surface area (Å²) in [5.74, 6) is -1.28. The number of aliphatic carboxylic acids is 1. The number of benzene rings is 1. The molecule has 1 amide bonds. The third-order valence-corrected chi connectivity index (χ3v) is 4.53. The second kappa shape index (κ2) is 5.88. The molecule has 1 saturated carbocycles. The Hall–Kier alpha value is -2.21. The Morgan fingerprint density at radius 3 is 2.73 bits per heavy atom. The molecule has 1 aliphatic carbocycles. The Morgan fingerprint density at radius 2 is 2.09 bits per heavy atom. The molecule has 1 aliphatic rings. The van der Waals surface area contributed by atoms with E-state index in [1.807, 2.05) is 31.2 Å². The van der Waals surface area contributed by atoms with Gasteiger partial charge in [0.25, 0.3) is 5.91 Å². The van der Waals surface area contributed by atoms with Crippen molar-refractivity contribution in [2.45, 2.75) is 25.8 Å². The second-order valence-corrected chi connectivity index (χ2v) is 6.27. The Morgan fingerprint density at radius 1 is 1.36 bits per heavy atom. The number of carboxylic acids is 1. The van der Waals surface area contributed by atoms with Gasteiger partial charge in [0, 0.05) is 17.0 Å². The van der Waals surface area contributed by atoms with Crippen LogP contribution in [0.15, 0.2) is 29.6 Å². The predicted molar refractivity (Wildman–Crippen MR) is 84.0 cm³/mol. The number of thiazole rings is 1. The van der Waals surface area contributed by atoms with Crippen LogP contribution >= 0.6 is 11.3 Å². The quantitative estimate of drug-likeness (QED) is 0.921. The third kappa shape index (κ3) is 3.01. The summed E-state index contributed by atoms with van der Waals surface area (Å²) in [5, 5.41) is 11.5. The molecule has 0 unspecified atom stereocenters. The zero-order valence-electron chi connectivity index (χ0n) is 12.2. The normalized spacial score (nSPS) is 13.9. The number of amides is 1. The smallest absolute Gasteiger partial charge is 0.323 e. The summed E-state index contributed by atoms with van der Waals surface area (Å²) in [6.07, 6.45) is 1.74. The number of carbonyl (C=O) groups excluding carboxylic acids is 1. The van der Waals surface area contributed by atoms with Gasteiger partial charge in [-0.15, -0.1) is 11.3 Å². The highest BCUT2D eigenvalue weighted by atomic mass is 32.1. The van der Waals surface area contributed by atoms with Gasteiger partial charge >= 0.3 is 5.97 Å². The molecule has 5 nitrogen and oxygen atoms in total. The molecule has 0 radical (unpaired) electrons. The second-order valence-electron chi connectivity index (χ2n) is 5.41. The van der Waals surface area contributed by atoms with Crippen LogP contribution in [-0.4, -0.2) is 39.5 Å². The summed E-state index contributed by atoms with van der Waals surface area (Å²) in [7, 11) is 0. The largest absolute Gasteiger partial charge is 0.480 e. The molecule has 1 heterocycles. The number of hydrogen-bond donors (Lipinski definition) is 1. The van der Waals surface area contributed by atoms with Gasteiger partial charge in [-0.25, -0.2) is 4.98 Å². The minimum absolute atomic E-state index is 0.0483. The van der Waals surface area contributed by atoms with Gasteiger partial charge in [-0.1, -0.05) is 24.3 Å². The molecule has 22 heavy (non-hydrogen) atoms. The summed E-state index contributed by atoms with van der Waals surface area (Å²) in [6, 6.07) is 7.91. The van der Waals surface area contributed by atoms with Crippen LogP contribution in [0, 0.1) is 6.92 Å². The van der Waals surface area contributed by atoms with E-state index in [1.54, 1.807) is 5.38 Å². The number of hydrogen-bond acceptors (Lipinski definition) is 4. The van der Waals surface area contributed by atoms with Crippen LogP contribution in [0.2, 0.25) is 0 Å². The van der Waals surface area contributed by atoms with Crippen LogP contribution in [0.4, 0.5) is 0 Å². The number of carbonyl (C=O) groups is 2. The highest BCUT2D eigenvalue weighted by Crippen LogP contribution is 2.30. The van der Waals surface area contributed by atoms with Gasteiger partial charge < -0.3 is 10.0 Å². The van der Waals surface area contributed by atoms with Crippen molar-refractivity contribution in [3.8, 4) is 10.6 Å². The average Bonchev–Trinajstić information content (AvgIpc) is 3.21. The van der Waals surface area contributed by atoms with Gasteiger partial charge in [-0.2, -0.15) is 0 Å². The minimum atomic E-state index is -0.991. The van der Waals surface area contributed by atoms with Crippen molar-refractivity contribution in [3.63, 3.8) is 0 Å². The molecular formula is C16H16N2O3S. The van der Waals surface area contributed by atoms with Crippen molar-refractivity contribution in [2.75, 3.05) is 6.54 Å². The van der Waals surface area contributed by atoms with E-state index in [0.29, 0.717) is 5.69 Å². The summed E-state index contributed by atoms with van der Waals surface area (Å²) < 4.78 is 0. The molecule has 0 saturated heterocycles. The van der Waals surface area contributed by atoms with E-state index in [1.165, 1.54) is 16.2 Å². The SMILES string of the molecule is Cc1ccccc1-c1nc(C(=O)N(CC(=O)O)C2CC2)cs1. The highest BCUT2D eigenvalue weighted by molar-refractivity contribution is 7.13. The number of nitrogens with zero attached hydrogens (tertiary/aromatic N) is 2. The van der Waals surface area contributed by atoms with Gasteiger partial charge in [0.2, 0.25) is 0 Å². The van der Waals surface area contributed by atoms with E-state index in [4.69, 9.17) is 5.11 Å². The standard InChI is InChI=1S/C16H16N2O3S/c1-10-4-2-3-5-12(10)15-17-13(9-22-15)16(21)18(8-14(19)20)11-6-7-11/h2-5,9,11H,6-8H2,1H3,(H,19,20). The molecule has 3 rings (SSSR count). The Kier molecular flexibility index (Phi) is 3.94. The first-order valence-electron chi connectivity index (χ1n) is 7.10. The molecule has 1 N–H and O–H groups in total. The van der Waals surface area contributed by atoms with Crippen LogP contribution in [-0.2, 0) is 4.79 Å². The van der Waals surface area contributed by atoms with Crippen LogP contribution in [0.25, 0.3) is 10.6 Å². The Labute approximate surface area is 132 Å². The lowest BCUT2D eigenvalue weighted by atomic mass is 10.1. The summed E-state index contributed by atoms with van der Waals surface area (Å²) in [4.78, 5) is 29.3. The Bertz CT molecular complexity index is 722. The number of carboxylic acid groups (broad SMARTS) is 1. The van der Waals surface area contributed by atoms with Gasteiger partial charge in [-0.3, -0.25) is 9.59 Å². The lowest BCUT2D eigenvalue weighted by molar-refractivity contribution is -0.137. The monoisotopic (exact) mass is 316 g/mol.